The van der Waals surface area contributed by atoms with Gasteiger partial charge in [-0.1, -0.05) is 23.7 Å². The molecule has 0 saturated carbocycles. The van der Waals surface area contributed by atoms with Crippen LogP contribution in [0.5, 0.6) is 5.75 Å². The van der Waals surface area contributed by atoms with Crippen LogP contribution in [-0.4, -0.2) is 32.4 Å². The number of methoxy groups -OCH3 is 1. The number of esters is 1. The van der Waals surface area contributed by atoms with Crippen LogP contribution in [0.2, 0.25) is 5.02 Å². The molecule has 7 nitrogen and oxygen atoms in total. The molecule has 192 valence electrons. The van der Waals surface area contributed by atoms with Crippen molar-refractivity contribution in [2.75, 3.05) is 20.6 Å². The average Bonchev–Trinajstić information content (AvgIpc) is 3.20. The monoisotopic (exact) mass is 549 g/mol. The van der Waals surface area contributed by atoms with Crippen molar-refractivity contribution in [1.29, 1.82) is 0 Å². The Bertz CT molecular complexity index is 1330. The van der Waals surface area contributed by atoms with Crippen LogP contribution in [0, 0.1) is 5.41 Å². The van der Waals surface area contributed by atoms with Crippen molar-refractivity contribution in [3.05, 3.63) is 70.2 Å². The molecule has 0 fully saturated rings. The first kappa shape index (κ1) is 27.9. The summed E-state index contributed by atoms with van der Waals surface area (Å²) in [4.78, 5) is 25.5. The van der Waals surface area contributed by atoms with Gasteiger partial charge in [-0.25, -0.2) is 0 Å². The molecule has 0 aliphatic rings. The fraction of sp³-hybridized carbons (Fsp3) is 0.308. The zero-order chi connectivity index (χ0) is 26.5. The number of rotatable bonds is 9. The second-order valence-electron chi connectivity index (χ2n) is 9.19. The lowest BCUT2D eigenvalue weighted by Gasteiger charge is -2.24. The molecule has 36 heavy (non-hydrogen) atoms. The van der Waals surface area contributed by atoms with E-state index in [4.69, 9.17) is 25.6 Å². The van der Waals surface area contributed by atoms with E-state index in [1.165, 1.54) is 24.2 Å². The van der Waals surface area contributed by atoms with Gasteiger partial charge in [-0.15, -0.1) is 11.3 Å². The number of ether oxygens (including phenoxy) is 2. The molecule has 2 unspecified atom stereocenters. The predicted octanol–water partition coefficient (Wildman–Crippen LogP) is 6.86. The van der Waals surface area contributed by atoms with E-state index in [-0.39, 0.29) is 0 Å². The van der Waals surface area contributed by atoms with E-state index in [9.17, 15) is 14.2 Å². The average molecular weight is 550 g/mol. The van der Waals surface area contributed by atoms with E-state index in [1.807, 2.05) is 30.3 Å². The van der Waals surface area contributed by atoms with E-state index in [1.54, 1.807) is 51.5 Å². The minimum Gasteiger partial charge on any atom is -0.497 e. The van der Waals surface area contributed by atoms with E-state index in [0.717, 1.165) is 10.3 Å². The van der Waals surface area contributed by atoms with Crippen molar-refractivity contribution in [3.8, 4) is 5.75 Å². The zero-order valence-corrected chi connectivity index (χ0v) is 23.2. The van der Waals surface area contributed by atoms with Crippen molar-refractivity contribution in [1.82, 2.24) is 5.32 Å². The first-order chi connectivity index (χ1) is 16.9. The number of thiophene rings is 1. The number of hydrogen-bond donors (Lipinski definition) is 1. The number of carbonyl (C=O) groups is 2. The molecule has 10 heteroatoms. The van der Waals surface area contributed by atoms with Gasteiger partial charge < -0.3 is 14.8 Å². The summed E-state index contributed by atoms with van der Waals surface area (Å²) in [6, 6.07) is 12.6. The third-order valence-electron chi connectivity index (χ3n) is 5.28. The molecule has 0 bridgehead atoms. The third kappa shape index (κ3) is 6.98. The summed E-state index contributed by atoms with van der Waals surface area (Å²) in [6.45, 7) is 5.94. The quantitative estimate of drug-likeness (QED) is 0.178. The maximum Gasteiger partial charge on any atom is 0.313 e. The molecule has 1 amide bonds. The van der Waals surface area contributed by atoms with E-state index >= 15 is 0 Å². The highest BCUT2D eigenvalue weighted by Crippen LogP contribution is 2.59. The maximum atomic E-state index is 13.8. The predicted molar refractivity (Wildman–Crippen MR) is 145 cm³/mol. The Morgan fingerprint density at radius 3 is 2.64 bits per heavy atom. The lowest BCUT2D eigenvalue weighted by Crippen LogP contribution is -2.27. The molecule has 0 spiro atoms. The SMILES string of the molecule is COc1cccc(C=CNC(=O)C(c2csc3ccc(Cl)cc23)P(C)(=O)OCOC(=O)C(C)(C)C)c1. The molecule has 0 aliphatic heterocycles. The van der Waals surface area contributed by atoms with Gasteiger partial charge in [0, 0.05) is 22.6 Å². The number of carbonyl (C=O) groups excluding carboxylic acids is 2. The second kappa shape index (κ2) is 11.6. The van der Waals surface area contributed by atoms with Gasteiger partial charge in [0.1, 0.15) is 11.4 Å². The van der Waals surface area contributed by atoms with Gasteiger partial charge in [0.15, 0.2) is 6.79 Å². The molecule has 3 rings (SSSR count). The highest BCUT2D eigenvalue weighted by molar-refractivity contribution is 7.59. The summed E-state index contributed by atoms with van der Waals surface area (Å²) >= 11 is 7.62. The number of fused-ring (bicyclic) bond motifs is 1. The highest BCUT2D eigenvalue weighted by Gasteiger charge is 2.39. The Morgan fingerprint density at radius 1 is 1.19 bits per heavy atom. The molecule has 0 saturated heterocycles. The first-order valence-corrected chi connectivity index (χ1v) is 14.5. The minimum absolute atomic E-state index is 0.491. The Labute approximate surface area is 219 Å². The molecule has 1 aromatic heterocycles. The number of nitrogens with one attached hydrogen (secondary N) is 1. The Balaban J connectivity index is 1.88. The lowest BCUT2D eigenvalue weighted by molar-refractivity contribution is -0.159. The van der Waals surface area contributed by atoms with Gasteiger partial charge >= 0.3 is 5.97 Å². The van der Waals surface area contributed by atoms with Gasteiger partial charge in [-0.05, 0) is 79.1 Å². The fourth-order valence-corrected chi connectivity index (χ4v) is 6.23. The first-order valence-electron chi connectivity index (χ1n) is 11.1. The van der Waals surface area contributed by atoms with Crippen LogP contribution >= 0.6 is 30.3 Å². The summed E-state index contributed by atoms with van der Waals surface area (Å²) in [7, 11) is -2.11. The van der Waals surface area contributed by atoms with Gasteiger partial charge in [-0.2, -0.15) is 0 Å². The van der Waals surface area contributed by atoms with Crippen LogP contribution in [0.1, 0.15) is 37.6 Å². The van der Waals surface area contributed by atoms with Crippen molar-refractivity contribution >= 4 is 58.3 Å². The normalized spacial score (nSPS) is 14.4. The molecule has 1 N–H and O–H groups in total. The van der Waals surface area contributed by atoms with Crippen molar-refractivity contribution in [2.45, 2.75) is 26.4 Å². The van der Waals surface area contributed by atoms with Crippen LogP contribution in [-0.2, 0) is 23.4 Å². The molecule has 1 heterocycles. The summed E-state index contributed by atoms with van der Waals surface area (Å²) in [5.74, 6) is -0.349. The molecule has 2 atom stereocenters. The topological polar surface area (TPSA) is 90.9 Å². The Morgan fingerprint density at radius 2 is 1.94 bits per heavy atom. The van der Waals surface area contributed by atoms with Gasteiger partial charge in [0.25, 0.3) is 0 Å². The molecule has 0 radical (unpaired) electrons. The molecule has 3 aromatic rings. The number of halogens is 1. The number of benzene rings is 2. The van der Waals surface area contributed by atoms with E-state index in [0.29, 0.717) is 21.7 Å². The van der Waals surface area contributed by atoms with Gasteiger partial charge in [0.2, 0.25) is 13.3 Å². The maximum absolute atomic E-state index is 13.8. The Kier molecular flexibility index (Phi) is 9.01. The Hall–Kier alpha value is -2.64. The lowest BCUT2D eigenvalue weighted by atomic mass is 9.98. The molecular weight excluding hydrogens is 521 g/mol. The third-order valence-corrected chi connectivity index (χ3v) is 8.57. The van der Waals surface area contributed by atoms with Crippen molar-refractivity contribution < 1.29 is 28.2 Å². The standard InChI is InChI=1S/C26H29ClNO6PS/c1-26(2,3)25(30)33-16-34-35(5,31)23(21-15-36-22-10-9-18(27)14-20(21)22)24(29)28-12-11-17-7-6-8-19(13-17)32-4/h6-15,23H,16H2,1-5H3,(H,28,29). The molecular formula is C26H29ClNO6PS. The smallest absolute Gasteiger partial charge is 0.313 e. The molecule has 0 aliphatic carbocycles. The van der Waals surface area contributed by atoms with Crippen LogP contribution in [0.4, 0.5) is 0 Å². The number of hydrogen-bond acceptors (Lipinski definition) is 7. The largest absolute Gasteiger partial charge is 0.497 e. The second-order valence-corrected chi connectivity index (χ2v) is 13.1. The zero-order valence-electron chi connectivity index (χ0n) is 20.7. The summed E-state index contributed by atoms with van der Waals surface area (Å²) in [6.07, 6.45) is 3.18. The van der Waals surface area contributed by atoms with E-state index in [2.05, 4.69) is 5.32 Å². The highest BCUT2D eigenvalue weighted by atomic mass is 35.5. The van der Waals surface area contributed by atoms with Crippen LogP contribution in [0.25, 0.3) is 16.2 Å². The van der Waals surface area contributed by atoms with Crippen molar-refractivity contribution in [2.24, 2.45) is 5.41 Å². The molecule has 2 aromatic carbocycles. The number of amides is 1. The van der Waals surface area contributed by atoms with Gasteiger partial charge in [-0.3, -0.25) is 18.7 Å². The van der Waals surface area contributed by atoms with Gasteiger partial charge in [0.05, 0.1) is 12.5 Å². The van der Waals surface area contributed by atoms with Crippen LogP contribution < -0.4 is 10.1 Å². The summed E-state index contributed by atoms with van der Waals surface area (Å²) < 4.78 is 30.6. The fourth-order valence-electron chi connectivity index (χ4n) is 3.36. The minimum atomic E-state index is -3.68. The van der Waals surface area contributed by atoms with Crippen molar-refractivity contribution in [3.63, 3.8) is 0 Å². The van der Waals surface area contributed by atoms with Crippen LogP contribution in [0.15, 0.2) is 54.0 Å². The van der Waals surface area contributed by atoms with Crippen LogP contribution in [0.3, 0.4) is 0 Å². The van der Waals surface area contributed by atoms with E-state index < -0.39 is 37.1 Å². The summed E-state index contributed by atoms with van der Waals surface area (Å²) in [5.41, 5.74) is -0.571. The summed E-state index contributed by atoms with van der Waals surface area (Å²) in [5, 5.41) is 5.69.